The van der Waals surface area contributed by atoms with E-state index in [4.69, 9.17) is 15.5 Å². The van der Waals surface area contributed by atoms with Gasteiger partial charge in [0.25, 0.3) is 0 Å². The maximum Gasteiger partial charge on any atom is 0.357 e. The molecule has 0 aromatic rings. The predicted molar refractivity (Wildman–Crippen MR) is 53.3 cm³/mol. The first kappa shape index (κ1) is 14.1. The van der Waals surface area contributed by atoms with Gasteiger partial charge < -0.3 is 15.5 Å². The molecular formula is C6H16NO5PS. The van der Waals surface area contributed by atoms with Crippen LogP contribution in [0.4, 0.5) is 0 Å². The van der Waals surface area contributed by atoms with Gasteiger partial charge >= 0.3 is 7.60 Å². The maximum atomic E-state index is 11.2. The van der Waals surface area contributed by atoms with E-state index in [0.29, 0.717) is 12.8 Å². The molecular weight excluding hydrogens is 229 g/mol. The van der Waals surface area contributed by atoms with Crippen molar-refractivity contribution in [3.63, 3.8) is 0 Å². The van der Waals surface area contributed by atoms with Crippen LogP contribution in [-0.4, -0.2) is 29.1 Å². The zero-order valence-corrected chi connectivity index (χ0v) is 9.67. The Balaban J connectivity index is 4.41. The van der Waals surface area contributed by atoms with Crippen LogP contribution >= 0.6 is 7.60 Å². The summed E-state index contributed by atoms with van der Waals surface area (Å²) in [7, 11) is -8.61. The molecule has 0 bridgehead atoms. The molecule has 0 aliphatic rings. The van der Waals surface area contributed by atoms with Gasteiger partial charge in [0.1, 0.15) is 0 Å². The first-order valence-electron chi connectivity index (χ1n) is 4.24. The molecule has 6 nitrogen and oxygen atoms in total. The summed E-state index contributed by atoms with van der Waals surface area (Å²) in [6.07, 6.45) is 1.92. The molecule has 0 radical (unpaired) electrons. The van der Waals surface area contributed by atoms with Gasteiger partial charge in [0.05, 0.1) is 5.75 Å². The molecule has 0 aromatic heterocycles. The highest BCUT2D eigenvalue weighted by Gasteiger charge is 2.36. The third kappa shape index (κ3) is 4.52. The van der Waals surface area contributed by atoms with E-state index in [1.165, 1.54) is 0 Å². The Kier molecular flexibility index (Phi) is 5.25. The van der Waals surface area contributed by atoms with Gasteiger partial charge in [-0.25, -0.2) is 8.42 Å². The van der Waals surface area contributed by atoms with Gasteiger partial charge in [-0.2, -0.15) is 0 Å². The highest BCUT2D eigenvalue weighted by Crippen LogP contribution is 2.41. The number of sulfone groups is 1. The molecule has 86 valence electrons. The number of nitrogens with two attached hydrogens (primary N) is 1. The van der Waals surface area contributed by atoms with Crippen molar-refractivity contribution in [3.8, 4) is 0 Å². The smallest absolute Gasteiger partial charge is 0.323 e. The summed E-state index contributed by atoms with van der Waals surface area (Å²) < 4.78 is 33.1. The highest BCUT2D eigenvalue weighted by molar-refractivity contribution is 7.98. The number of hydrogen-bond acceptors (Lipinski definition) is 4. The van der Waals surface area contributed by atoms with Crippen LogP contribution in [0.25, 0.3) is 0 Å². The van der Waals surface area contributed by atoms with Crippen molar-refractivity contribution in [2.45, 2.75) is 31.3 Å². The second-order valence-corrected chi connectivity index (χ2v) is 7.38. The normalized spacial score (nSPS) is 15.4. The van der Waals surface area contributed by atoms with E-state index in [1.54, 1.807) is 0 Å². The van der Waals surface area contributed by atoms with Crippen molar-refractivity contribution < 1.29 is 22.8 Å². The molecule has 0 heterocycles. The molecule has 0 amide bonds. The van der Waals surface area contributed by atoms with E-state index in [9.17, 15) is 13.0 Å². The average molecular weight is 245 g/mol. The summed E-state index contributed by atoms with van der Waals surface area (Å²) in [4.78, 5) is 17.2. The maximum absolute atomic E-state index is 11.2. The minimum atomic E-state index is -4.74. The van der Waals surface area contributed by atoms with Gasteiger partial charge in [0.15, 0.2) is 9.84 Å². The molecule has 1 unspecified atom stereocenters. The molecule has 8 heteroatoms. The molecule has 0 saturated heterocycles. The van der Waals surface area contributed by atoms with E-state index in [-0.39, 0.29) is 5.75 Å². The molecule has 0 aromatic carbocycles. The van der Waals surface area contributed by atoms with Crippen LogP contribution in [0.5, 0.6) is 0 Å². The van der Waals surface area contributed by atoms with Crippen molar-refractivity contribution in [2.75, 3.05) is 5.75 Å². The lowest BCUT2D eigenvalue weighted by Crippen LogP contribution is -2.32. The first-order valence-corrected chi connectivity index (χ1v) is 7.64. The topological polar surface area (TPSA) is 118 Å². The van der Waals surface area contributed by atoms with Crippen LogP contribution in [-0.2, 0) is 14.4 Å². The summed E-state index contributed by atoms with van der Waals surface area (Å²) in [6, 6.07) is 0. The van der Waals surface area contributed by atoms with Crippen LogP contribution in [0.1, 0.15) is 26.2 Å². The predicted octanol–water partition coefficient (Wildman–Crippen LogP) is 0.0114. The molecule has 0 rings (SSSR count). The molecule has 14 heavy (non-hydrogen) atoms. The van der Waals surface area contributed by atoms with Gasteiger partial charge in [0.2, 0.25) is 5.11 Å². The minimum absolute atomic E-state index is 0.271. The Morgan fingerprint density at radius 3 is 2.21 bits per heavy atom. The molecule has 0 saturated carbocycles. The van der Waals surface area contributed by atoms with Crippen LogP contribution in [0, 0.1) is 0 Å². The third-order valence-corrected chi connectivity index (χ3v) is 5.78. The second-order valence-electron chi connectivity index (χ2n) is 3.05. The zero-order chi connectivity index (χ0) is 11.4. The van der Waals surface area contributed by atoms with Crippen molar-refractivity contribution in [1.29, 1.82) is 0 Å². The molecule has 1 atom stereocenters. The Hall–Kier alpha value is 0.0600. The fourth-order valence-electron chi connectivity index (χ4n) is 0.883. The summed E-state index contributed by atoms with van der Waals surface area (Å²) in [5.41, 5.74) is 4.96. The Morgan fingerprint density at radius 2 is 1.86 bits per heavy atom. The molecule has 0 aliphatic heterocycles. The average Bonchev–Trinajstić information content (AvgIpc) is 2.01. The van der Waals surface area contributed by atoms with Crippen molar-refractivity contribution in [2.24, 2.45) is 5.73 Å². The van der Waals surface area contributed by atoms with E-state index in [0.717, 1.165) is 6.42 Å². The van der Waals surface area contributed by atoms with E-state index < -0.39 is 22.5 Å². The molecule has 4 N–H and O–H groups in total. The SMILES string of the molecule is CCCCCS(=O)(=O)C(N)P(=O)(O)O. The Morgan fingerprint density at radius 1 is 1.36 bits per heavy atom. The fourth-order valence-corrected chi connectivity index (χ4v) is 3.72. The van der Waals surface area contributed by atoms with Crippen molar-refractivity contribution >= 4 is 17.4 Å². The lowest BCUT2D eigenvalue weighted by Gasteiger charge is -2.13. The molecule has 0 aliphatic carbocycles. The summed E-state index contributed by atoms with van der Waals surface area (Å²) in [6.45, 7) is 1.90. The number of unbranched alkanes of at least 4 members (excludes halogenated alkanes) is 2. The lowest BCUT2D eigenvalue weighted by atomic mass is 10.3. The van der Waals surface area contributed by atoms with Crippen molar-refractivity contribution in [1.82, 2.24) is 0 Å². The van der Waals surface area contributed by atoms with E-state index >= 15 is 0 Å². The fraction of sp³-hybridized carbons (Fsp3) is 1.00. The standard InChI is InChI=1S/C6H16NO5PS/c1-2-3-4-5-14(11,12)6(7)13(8,9)10/h6H,2-5,7H2,1H3,(H2,8,9,10). The minimum Gasteiger partial charge on any atom is -0.323 e. The quantitative estimate of drug-likeness (QED) is 0.448. The Labute approximate surface area is 83.6 Å². The van der Waals surface area contributed by atoms with Crippen LogP contribution in [0.2, 0.25) is 0 Å². The van der Waals surface area contributed by atoms with Gasteiger partial charge in [-0.3, -0.25) is 4.57 Å². The summed E-state index contributed by atoms with van der Waals surface area (Å²) >= 11 is 0. The zero-order valence-electron chi connectivity index (χ0n) is 7.96. The first-order chi connectivity index (χ1) is 6.22. The lowest BCUT2D eigenvalue weighted by molar-refractivity contribution is 0.368. The van der Waals surface area contributed by atoms with Gasteiger partial charge in [0, 0.05) is 0 Å². The Bertz CT molecular complexity index is 308. The monoisotopic (exact) mass is 245 g/mol. The van der Waals surface area contributed by atoms with Gasteiger partial charge in [-0.15, -0.1) is 0 Å². The second kappa shape index (κ2) is 5.23. The number of hydrogen-bond donors (Lipinski definition) is 3. The largest absolute Gasteiger partial charge is 0.357 e. The van der Waals surface area contributed by atoms with Crippen LogP contribution < -0.4 is 5.73 Å². The van der Waals surface area contributed by atoms with E-state index in [1.807, 2.05) is 6.92 Å². The third-order valence-electron chi connectivity index (χ3n) is 1.73. The summed E-state index contributed by atoms with van der Waals surface area (Å²) in [5, 5.41) is -2.08. The molecule has 0 fully saturated rings. The molecule has 0 spiro atoms. The van der Waals surface area contributed by atoms with Crippen LogP contribution in [0.15, 0.2) is 0 Å². The highest BCUT2D eigenvalue weighted by atomic mass is 32.2. The summed E-state index contributed by atoms with van der Waals surface area (Å²) in [5.74, 6) is -0.271. The number of rotatable bonds is 6. The van der Waals surface area contributed by atoms with Gasteiger partial charge in [-0.1, -0.05) is 19.8 Å². The van der Waals surface area contributed by atoms with Crippen LogP contribution in [0.3, 0.4) is 0 Å². The van der Waals surface area contributed by atoms with Gasteiger partial charge in [-0.05, 0) is 6.42 Å². The van der Waals surface area contributed by atoms with E-state index in [2.05, 4.69) is 0 Å². The van der Waals surface area contributed by atoms with Crippen molar-refractivity contribution in [3.05, 3.63) is 0 Å².